The third-order valence-electron chi connectivity index (χ3n) is 4.32. The van der Waals surface area contributed by atoms with Crippen LogP contribution in [-0.4, -0.2) is 28.9 Å². The van der Waals surface area contributed by atoms with Gasteiger partial charge in [-0.05, 0) is 45.4 Å². The van der Waals surface area contributed by atoms with E-state index < -0.39 is 0 Å². The number of hydrogen-bond acceptors (Lipinski definition) is 5. The van der Waals surface area contributed by atoms with E-state index in [0.717, 1.165) is 48.9 Å². The number of carbonyl (C=O) groups excluding carboxylic acids is 1. The molecule has 3 rings (SSSR count). The molecule has 5 nitrogen and oxygen atoms in total. The molecule has 6 heteroatoms. The lowest BCUT2D eigenvalue weighted by Crippen LogP contribution is -2.42. The summed E-state index contributed by atoms with van der Waals surface area (Å²) in [5.41, 5.74) is 1.06. The van der Waals surface area contributed by atoms with Gasteiger partial charge in [-0.3, -0.25) is 9.69 Å². The van der Waals surface area contributed by atoms with Crippen LogP contribution >= 0.6 is 11.3 Å². The highest BCUT2D eigenvalue weighted by Crippen LogP contribution is 2.20. The maximum absolute atomic E-state index is 12.4. The minimum absolute atomic E-state index is 0.0564. The zero-order valence-electron chi connectivity index (χ0n) is 13.7. The van der Waals surface area contributed by atoms with E-state index in [-0.39, 0.29) is 11.8 Å². The highest BCUT2D eigenvalue weighted by molar-refractivity contribution is 7.11. The molecule has 3 heterocycles. The van der Waals surface area contributed by atoms with Crippen LogP contribution in [0.25, 0.3) is 0 Å². The maximum Gasteiger partial charge on any atom is 0.224 e. The van der Waals surface area contributed by atoms with Crippen LogP contribution in [0.15, 0.2) is 22.8 Å². The molecule has 0 saturated carbocycles. The summed E-state index contributed by atoms with van der Waals surface area (Å²) in [4.78, 5) is 20.4. The largest absolute Gasteiger partial charge is 0.468 e. The van der Waals surface area contributed by atoms with E-state index in [2.05, 4.69) is 22.1 Å². The summed E-state index contributed by atoms with van der Waals surface area (Å²) in [6.07, 6.45) is 3.70. The number of furan rings is 1. The first-order valence-corrected chi connectivity index (χ1v) is 8.89. The number of piperidine rings is 1. The summed E-state index contributed by atoms with van der Waals surface area (Å²) in [6, 6.07) is 3.89. The molecule has 0 bridgehead atoms. The molecule has 1 aliphatic rings. The number of aromatic nitrogens is 1. The molecule has 2 aromatic heterocycles. The molecule has 1 N–H and O–H groups in total. The molecule has 1 aliphatic heterocycles. The molecule has 0 aliphatic carbocycles. The number of aryl methyl sites for hydroxylation is 2. The van der Waals surface area contributed by atoms with Crippen LogP contribution in [0, 0.1) is 19.8 Å². The average molecular weight is 333 g/mol. The minimum atomic E-state index is 0.0564. The Labute approximate surface area is 140 Å². The SMILES string of the molecule is Cc1nc(CNC(=O)[C@@H]2CCCN(Cc3ccco3)C2)sc1C. The molecule has 1 atom stereocenters. The fourth-order valence-electron chi connectivity index (χ4n) is 2.96. The molecule has 124 valence electrons. The van der Waals surface area contributed by atoms with Crippen molar-refractivity contribution in [1.29, 1.82) is 0 Å². The lowest BCUT2D eigenvalue weighted by atomic mass is 9.97. The summed E-state index contributed by atoms with van der Waals surface area (Å²) in [5.74, 6) is 1.15. The van der Waals surface area contributed by atoms with Crippen molar-refractivity contribution in [3.8, 4) is 0 Å². The first kappa shape index (κ1) is 16.2. The van der Waals surface area contributed by atoms with Crippen LogP contribution in [0.3, 0.4) is 0 Å². The van der Waals surface area contributed by atoms with Crippen LogP contribution in [-0.2, 0) is 17.9 Å². The van der Waals surface area contributed by atoms with Gasteiger partial charge in [-0.15, -0.1) is 11.3 Å². The molecular weight excluding hydrogens is 310 g/mol. The smallest absolute Gasteiger partial charge is 0.224 e. The average Bonchev–Trinajstić information content (AvgIpc) is 3.15. The molecule has 1 amide bonds. The van der Waals surface area contributed by atoms with Gasteiger partial charge in [-0.25, -0.2) is 4.98 Å². The topological polar surface area (TPSA) is 58.4 Å². The van der Waals surface area contributed by atoms with Gasteiger partial charge in [0.05, 0.1) is 31.0 Å². The molecule has 1 saturated heterocycles. The maximum atomic E-state index is 12.4. The van der Waals surface area contributed by atoms with Crippen molar-refractivity contribution in [1.82, 2.24) is 15.2 Å². The summed E-state index contributed by atoms with van der Waals surface area (Å²) in [5, 5.41) is 4.03. The summed E-state index contributed by atoms with van der Waals surface area (Å²) < 4.78 is 5.40. The normalized spacial score (nSPS) is 19.0. The Balaban J connectivity index is 1.50. The van der Waals surface area contributed by atoms with Gasteiger partial charge in [-0.2, -0.15) is 0 Å². The van der Waals surface area contributed by atoms with Crippen molar-refractivity contribution < 1.29 is 9.21 Å². The van der Waals surface area contributed by atoms with Crippen molar-refractivity contribution in [2.45, 2.75) is 39.8 Å². The van der Waals surface area contributed by atoms with E-state index in [0.29, 0.717) is 6.54 Å². The molecule has 0 spiro atoms. The van der Waals surface area contributed by atoms with Crippen molar-refractivity contribution in [3.05, 3.63) is 39.7 Å². The van der Waals surface area contributed by atoms with Crippen LogP contribution in [0.2, 0.25) is 0 Å². The predicted octanol–water partition coefficient (Wildman–Crippen LogP) is 2.88. The second-order valence-electron chi connectivity index (χ2n) is 6.12. The summed E-state index contributed by atoms with van der Waals surface area (Å²) in [6.45, 7) is 7.20. The number of hydrogen-bond donors (Lipinski definition) is 1. The van der Waals surface area contributed by atoms with Crippen LogP contribution < -0.4 is 5.32 Å². The predicted molar refractivity (Wildman–Crippen MR) is 90.1 cm³/mol. The van der Waals surface area contributed by atoms with E-state index in [1.165, 1.54) is 4.88 Å². The third kappa shape index (κ3) is 4.20. The number of rotatable bonds is 5. The summed E-state index contributed by atoms with van der Waals surface area (Å²) in [7, 11) is 0. The van der Waals surface area contributed by atoms with Crippen molar-refractivity contribution in [2.24, 2.45) is 5.92 Å². The molecule has 0 unspecified atom stereocenters. The van der Waals surface area contributed by atoms with Gasteiger partial charge in [0.2, 0.25) is 5.91 Å². The Kier molecular flexibility index (Phi) is 5.13. The van der Waals surface area contributed by atoms with Crippen LogP contribution in [0.4, 0.5) is 0 Å². The first-order chi connectivity index (χ1) is 11.1. The van der Waals surface area contributed by atoms with Crippen LogP contribution in [0.5, 0.6) is 0 Å². The number of amides is 1. The molecule has 23 heavy (non-hydrogen) atoms. The van der Waals surface area contributed by atoms with E-state index in [1.807, 2.05) is 19.1 Å². The van der Waals surface area contributed by atoms with Crippen molar-refractivity contribution >= 4 is 17.2 Å². The quantitative estimate of drug-likeness (QED) is 0.914. The van der Waals surface area contributed by atoms with E-state index >= 15 is 0 Å². The zero-order chi connectivity index (χ0) is 16.2. The standard InChI is InChI=1S/C17H23N3O2S/c1-12-13(2)23-16(19-12)9-18-17(21)14-5-3-7-20(10-14)11-15-6-4-8-22-15/h4,6,8,14H,3,5,7,9-11H2,1-2H3,(H,18,21)/t14-/m1/s1. The number of thiazole rings is 1. The second kappa shape index (κ2) is 7.27. The molecule has 0 radical (unpaired) electrons. The van der Waals surface area contributed by atoms with Gasteiger partial charge < -0.3 is 9.73 Å². The van der Waals surface area contributed by atoms with Crippen molar-refractivity contribution in [2.75, 3.05) is 13.1 Å². The number of carbonyl (C=O) groups is 1. The Morgan fingerprint density at radius 3 is 3.09 bits per heavy atom. The summed E-state index contributed by atoms with van der Waals surface area (Å²) >= 11 is 1.66. The Morgan fingerprint density at radius 1 is 1.52 bits per heavy atom. The van der Waals surface area contributed by atoms with Gasteiger partial charge >= 0.3 is 0 Å². The first-order valence-electron chi connectivity index (χ1n) is 8.07. The van der Waals surface area contributed by atoms with Gasteiger partial charge in [0.15, 0.2) is 0 Å². The van der Waals surface area contributed by atoms with E-state index in [4.69, 9.17) is 4.42 Å². The van der Waals surface area contributed by atoms with Gasteiger partial charge in [-0.1, -0.05) is 0 Å². The van der Waals surface area contributed by atoms with E-state index in [1.54, 1.807) is 17.6 Å². The highest BCUT2D eigenvalue weighted by Gasteiger charge is 2.26. The van der Waals surface area contributed by atoms with Gasteiger partial charge in [0, 0.05) is 11.4 Å². The third-order valence-corrected chi connectivity index (χ3v) is 5.40. The Bertz CT molecular complexity index is 631. The number of likely N-dealkylation sites (tertiary alicyclic amines) is 1. The fraction of sp³-hybridized carbons (Fsp3) is 0.529. The van der Waals surface area contributed by atoms with Crippen molar-refractivity contribution in [3.63, 3.8) is 0 Å². The Hall–Kier alpha value is -1.66. The highest BCUT2D eigenvalue weighted by atomic mass is 32.1. The Morgan fingerprint density at radius 2 is 2.39 bits per heavy atom. The molecular formula is C17H23N3O2S. The second-order valence-corrected chi connectivity index (χ2v) is 7.41. The fourth-order valence-corrected chi connectivity index (χ4v) is 3.83. The number of nitrogens with one attached hydrogen (secondary N) is 1. The van der Waals surface area contributed by atoms with Gasteiger partial charge in [0.25, 0.3) is 0 Å². The molecule has 2 aromatic rings. The molecule has 1 fully saturated rings. The lowest BCUT2D eigenvalue weighted by molar-refractivity contribution is -0.127. The monoisotopic (exact) mass is 333 g/mol. The minimum Gasteiger partial charge on any atom is -0.468 e. The zero-order valence-corrected chi connectivity index (χ0v) is 14.5. The number of nitrogens with zero attached hydrogens (tertiary/aromatic N) is 2. The van der Waals surface area contributed by atoms with Gasteiger partial charge in [0.1, 0.15) is 10.8 Å². The van der Waals surface area contributed by atoms with Crippen LogP contribution in [0.1, 0.15) is 34.2 Å². The lowest BCUT2D eigenvalue weighted by Gasteiger charge is -2.31. The molecule has 0 aromatic carbocycles. The van der Waals surface area contributed by atoms with E-state index in [9.17, 15) is 4.79 Å².